The van der Waals surface area contributed by atoms with Crippen LogP contribution in [0.4, 0.5) is 0 Å². The second kappa shape index (κ2) is 92.6. The molecule has 0 saturated carbocycles. The smallest absolute Gasteiger partial charge is 0.855 e. The molecule has 0 aliphatic heterocycles. The van der Waals surface area contributed by atoms with E-state index in [9.17, 15) is 0 Å². The minimum atomic E-state index is 0. The molecule has 0 amide bonds. The van der Waals surface area contributed by atoms with Gasteiger partial charge in [-0.05, 0) is 0 Å². The fourth-order valence-electron chi connectivity index (χ4n) is 0. The van der Waals surface area contributed by atoms with Crippen molar-refractivity contribution < 1.29 is 37.5 Å². The monoisotopic (exact) mass is 260 g/mol. The van der Waals surface area contributed by atoms with E-state index in [1.54, 1.807) is 27.7 Å². The van der Waals surface area contributed by atoms with Crippen LogP contribution < -0.4 is 20.4 Å². The van der Waals surface area contributed by atoms with Crippen LogP contribution in [0.2, 0.25) is 0 Å². The first-order chi connectivity index (χ1) is 5.66. The molecule has 0 fully saturated rings. The van der Waals surface area contributed by atoms with Crippen molar-refractivity contribution in [3.63, 3.8) is 0 Å². The van der Waals surface area contributed by atoms with Gasteiger partial charge in [0.1, 0.15) is 0 Å². The first-order valence-electron chi connectivity index (χ1n) is 3.98. The van der Waals surface area contributed by atoms with Gasteiger partial charge in [-0.2, -0.15) is 0 Å². The zero-order chi connectivity index (χ0) is 10.8. The van der Waals surface area contributed by atoms with Gasteiger partial charge >= 0.3 is 40.1 Å². The summed E-state index contributed by atoms with van der Waals surface area (Å²) in [6, 6.07) is 0. The van der Waals surface area contributed by atoms with E-state index in [2.05, 4.69) is 0 Å². The van der Waals surface area contributed by atoms with Gasteiger partial charge in [0.2, 0.25) is 0 Å². The van der Waals surface area contributed by atoms with Crippen molar-refractivity contribution in [2.24, 2.45) is 0 Å². The standard InChI is InChI=1S/4C2H5O.Fe.Mg/c4*1-2-3;;/h4*2H2,1H3;;/q4*-1;2*+2. The molecule has 0 aliphatic rings. The topological polar surface area (TPSA) is 92.2 Å². The number of rotatable bonds is 0. The van der Waals surface area contributed by atoms with E-state index in [1.165, 1.54) is 0 Å². The largest absolute Gasteiger partial charge is 2.00 e. The van der Waals surface area contributed by atoms with Crippen LogP contribution in [-0.2, 0) is 17.1 Å². The second-order valence-corrected chi connectivity index (χ2v) is 1.15. The van der Waals surface area contributed by atoms with Gasteiger partial charge in [-0.15, -0.1) is 26.4 Å². The molecule has 0 aromatic rings. The average molecular weight is 260 g/mol. The molecular weight excluding hydrogens is 240 g/mol. The molecule has 0 N–H and O–H groups in total. The van der Waals surface area contributed by atoms with Crippen LogP contribution in [0.3, 0.4) is 0 Å². The fourth-order valence-corrected chi connectivity index (χ4v) is 0. The first-order valence-corrected chi connectivity index (χ1v) is 3.98. The Morgan fingerprint density at radius 1 is 0.571 bits per heavy atom. The third-order valence-corrected chi connectivity index (χ3v) is 0. The summed E-state index contributed by atoms with van der Waals surface area (Å²) in [5, 5.41) is 35.7. The second-order valence-electron chi connectivity index (χ2n) is 1.15. The van der Waals surface area contributed by atoms with Crippen molar-refractivity contribution in [3.05, 3.63) is 0 Å². The van der Waals surface area contributed by atoms with Crippen LogP contribution in [-0.4, -0.2) is 49.5 Å². The van der Waals surface area contributed by atoms with Gasteiger partial charge < -0.3 is 20.4 Å². The van der Waals surface area contributed by atoms with Crippen LogP contribution in [0, 0.1) is 0 Å². The molecule has 0 spiro atoms. The maximum Gasteiger partial charge on any atom is 2.00 e. The molecule has 0 aromatic carbocycles. The van der Waals surface area contributed by atoms with E-state index >= 15 is 0 Å². The van der Waals surface area contributed by atoms with E-state index in [0.29, 0.717) is 0 Å². The van der Waals surface area contributed by atoms with Gasteiger partial charge in [0.25, 0.3) is 0 Å². The Morgan fingerprint density at radius 2 is 0.571 bits per heavy atom. The predicted octanol–water partition coefficient (Wildman–Crippen LogP) is -2.92. The summed E-state index contributed by atoms with van der Waals surface area (Å²) in [5.74, 6) is 0. The normalized spacial score (nSPS) is 5.14. The Hall–Kier alpha value is 1.13. The third kappa shape index (κ3) is 1520. The molecule has 0 heterocycles. The van der Waals surface area contributed by atoms with Gasteiger partial charge in [0.15, 0.2) is 0 Å². The van der Waals surface area contributed by atoms with E-state index in [1.807, 2.05) is 0 Å². The van der Waals surface area contributed by atoms with Crippen LogP contribution in [0.15, 0.2) is 0 Å². The van der Waals surface area contributed by atoms with Crippen molar-refractivity contribution in [2.75, 3.05) is 26.4 Å². The molecule has 6 heteroatoms. The van der Waals surface area contributed by atoms with E-state index in [0.717, 1.165) is 0 Å². The van der Waals surface area contributed by atoms with Crippen LogP contribution in [0.25, 0.3) is 0 Å². The minimum Gasteiger partial charge on any atom is -0.855 e. The molecule has 0 rings (SSSR count). The minimum absolute atomic E-state index is 0. The van der Waals surface area contributed by atoms with Crippen molar-refractivity contribution >= 4 is 23.1 Å². The summed E-state index contributed by atoms with van der Waals surface area (Å²) < 4.78 is 0. The van der Waals surface area contributed by atoms with E-state index in [4.69, 9.17) is 20.4 Å². The Morgan fingerprint density at radius 3 is 0.571 bits per heavy atom. The SMILES string of the molecule is CC[O-].CC[O-].CC[O-].CC[O-].[Fe+2].[Mg+2]. The van der Waals surface area contributed by atoms with Crippen LogP contribution in [0.1, 0.15) is 27.7 Å². The van der Waals surface area contributed by atoms with E-state index < -0.39 is 0 Å². The molecule has 0 unspecified atom stereocenters. The Bertz CT molecular complexity index is 29.3. The van der Waals surface area contributed by atoms with Gasteiger partial charge in [-0.1, -0.05) is 27.7 Å². The zero-order valence-electron chi connectivity index (χ0n) is 9.52. The summed E-state index contributed by atoms with van der Waals surface area (Å²) in [6.07, 6.45) is 0. The third-order valence-electron chi connectivity index (χ3n) is 0. The van der Waals surface area contributed by atoms with E-state index in [-0.39, 0.29) is 66.5 Å². The van der Waals surface area contributed by atoms with Crippen molar-refractivity contribution in [1.82, 2.24) is 0 Å². The molecule has 0 radical (unpaired) electrons. The molecule has 0 saturated heterocycles. The number of hydrogen-bond acceptors (Lipinski definition) is 4. The van der Waals surface area contributed by atoms with Crippen molar-refractivity contribution in [3.8, 4) is 0 Å². The fraction of sp³-hybridized carbons (Fsp3) is 1.00. The molecule has 0 bridgehead atoms. The maximum atomic E-state index is 8.93. The average Bonchev–Trinajstić information content (AvgIpc) is 1.92. The molecule has 86 valence electrons. The number of hydrogen-bond donors (Lipinski definition) is 0. The first kappa shape index (κ1) is 36.2. The summed E-state index contributed by atoms with van der Waals surface area (Å²) in [5.41, 5.74) is 0. The maximum absolute atomic E-state index is 8.93. The Kier molecular flexibility index (Phi) is 240. The molecule has 0 aliphatic carbocycles. The van der Waals surface area contributed by atoms with Gasteiger partial charge in [-0.25, -0.2) is 0 Å². The summed E-state index contributed by atoms with van der Waals surface area (Å²) in [7, 11) is 0. The molecule has 0 aromatic heterocycles. The Balaban J connectivity index is -0.0000000145. The van der Waals surface area contributed by atoms with Crippen molar-refractivity contribution in [1.29, 1.82) is 0 Å². The van der Waals surface area contributed by atoms with Crippen LogP contribution in [0.5, 0.6) is 0 Å². The summed E-state index contributed by atoms with van der Waals surface area (Å²) in [4.78, 5) is 0. The van der Waals surface area contributed by atoms with Crippen LogP contribution >= 0.6 is 0 Å². The Labute approximate surface area is 114 Å². The van der Waals surface area contributed by atoms with Crippen molar-refractivity contribution in [2.45, 2.75) is 27.7 Å². The summed E-state index contributed by atoms with van der Waals surface area (Å²) >= 11 is 0. The molecular formula is C8H20FeMgO4. The molecule has 4 nitrogen and oxygen atoms in total. The predicted molar refractivity (Wildman–Crippen MR) is 47.9 cm³/mol. The van der Waals surface area contributed by atoms with Gasteiger partial charge in [0, 0.05) is 0 Å². The van der Waals surface area contributed by atoms with Gasteiger partial charge in [-0.3, -0.25) is 0 Å². The molecule has 14 heavy (non-hydrogen) atoms. The zero-order valence-corrected chi connectivity index (χ0v) is 12.0. The quantitative estimate of drug-likeness (QED) is 0.436. The summed E-state index contributed by atoms with van der Waals surface area (Å²) in [6.45, 7) is 6.28. The van der Waals surface area contributed by atoms with Gasteiger partial charge in [0.05, 0.1) is 0 Å². The molecule has 0 atom stereocenters.